The van der Waals surface area contributed by atoms with Gasteiger partial charge >= 0.3 is 0 Å². The zero-order chi connectivity index (χ0) is 19.6. The van der Waals surface area contributed by atoms with E-state index >= 15 is 0 Å². The SMILES string of the molecule is Cc1ccc(Cl)cc1NC(=O)C(C)N1CCN(S(=O)(=O)c2cccs2)CC1. The summed E-state index contributed by atoms with van der Waals surface area (Å²) in [7, 11) is -3.44. The molecule has 2 heterocycles. The Morgan fingerprint density at radius 1 is 1.22 bits per heavy atom. The van der Waals surface area contributed by atoms with Crippen molar-refractivity contribution < 1.29 is 13.2 Å². The molecule has 0 aliphatic carbocycles. The summed E-state index contributed by atoms with van der Waals surface area (Å²) in [5.74, 6) is -0.130. The number of rotatable bonds is 5. The Hall–Kier alpha value is -1.45. The summed E-state index contributed by atoms with van der Waals surface area (Å²) in [5, 5.41) is 5.24. The number of halogens is 1. The first-order valence-corrected chi connectivity index (χ1v) is 11.3. The molecule has 0 bridgehead atoms. The van der Waals surface area contributed by atoms with Crippen molar-refractivity contribution in [2.75, 3.05) is 31.5 Å². The Labute approximate surface area is 168 Å². The summed E-state index contributed by atoms with van der Waals surface area (Å²) < 4.78 is 27.0. The van der Waals surface area contributed by atoms with Gasteiger partial charge in [0.15, 0.2) is 0 Å². The molecule has 1 unspecified atom stereocenters. The first kappa shape index (κ1) is 20.3. The Balaban J connectivity index is 1.60. The van der Waals surface area contributed by atoms with Crippen molar-refractivity contribution in [3.8, 4) is 0 Å². The van der Waals surface area contributed by atoms with E-state index in [2.05, 4.69) is 5.32 Å². The molecular formula is C18H22ClN3O3S2. The minimum absolute atomic E-state index is 0.130. The van der Waals surface area contributed by atoms with Gasteiger partial charge in [-0.2, -0.15) is 4.31 Å². The molecule has 1 fully saturated rings. The van der Waals surface area contributed by atoms with Crippen molar-refractivity contribution >= 4 is 44.6 Å². The average molecular weight is 428 g/mol. The number of nitrogens with one attached hydrogen (secondary N) is 1. The third-order valence-corrected chi connectivity index (χ3v) is 8.25. The molecule has 1 aliphatic heterocycles. The van der Waals surface area contributed by atoms with E-state index in [1.807, 2.05) is 24.8 Å². The molecule has 27 heavy (non-hydrogen) atoms. The normalized spacial score (nSPS) is 17.6. The fourth-order valence-electron chi connectivity index (χ4n) is 3.00. The van der Waals surface area contributed by atoms with Gasteiger partial charge in [-0.05, 0) is 43.0 Å². The molecular weight excluding hydrogens is 406 g/mol. The number of amides is 1. The molecule has 0 saturated carbocycles. The summed E-state index contributed by atoms with van der Waals surface area (Å²) in [4.78, 5) is 14.6. The second kappa shape index (κ2) is 8.28. The maximum absolute atomic E-state index is 12.6. The fourth-order valence-corrected chi connectivity index (χ4v) is 5.74. The van der Waals surface area contributed by atoms with Gasteiger partial charge in [0, 0.05) is 36.9 Å². The molecule has 1 saturated heterocycles. The molecule has 1 aliphatic rings. The number of benzene rings is 1. The first-order chi connectivity index (χ1) is 12.8. The summed E-state index contributed by atoms with van der Waals surface area (Å²) >= 11 is 7.23. The third-order valence-electron chi connectivity index (χ3n) is 4.75. The second-order valence-corrected chi connectivity index (χ2v) is 10.0. The van der Waals surface area contributed by atoms with Crippen molar-refractivity contribution in [1.29, 1.82) is 0 Å². The predicted molar refractivity (Wildman–Crippen MR) is 109 cm³/mol. The van der Waals surface area contributed by atoms with Gasteiger partial charge in [-0.15, -0.1) is 11.3 Å². The Kier molecular flexibility index (Phi) is 6.22. The van der Waals surface area contributed by atoms with Crippen LogP contribution in [0.25, 0.3) is 0 Å². The van der Waals surface area contributed by atoms with Crippen LogP contribution in [0.4, 0.5) is 5.69 Å². The number of nitrogens with zero attached hydrogens (tertiary/aromatic N) is 2. The van der Waals surface area contributed by atoms with Crippen LogP contribution in [0.1, 0.15) is 12.5 Å². The summed E-state index contributed by atoms with van der Waals surface area (Å²) in [6, 6.07) is 8.36. The quantitative estimate of drug-likeness (QED) is 0.796. The number of aryl methyl sites for hydroxylation is 1. The highest BCUT2D eigenvalue weighted by molar-refractivity contribution is 7.91. The van der Waals surface area contributed by atoms with Gasteiger partial charge in [-0.25, -0.2) is 8.42 Å². The number of sulfonamides is 1. The van der Waals surface area contributed by atoms with Gasteiger partial charge in [-0.3, -0.25) is 9.69 Å². The van der Waals surface area contributed by atoms with Gasteiger partial charge in [0.25, 0.3) is 10.0 Å². The van der Waals surface area contributed by atoms with Crippen LogP contribution in [0.15, 0.2) is 39.9 Å². The molecule has 6 nitrogen and oxygen atoms in total. The molecule has 0 spiro atoms. The van der Waals surface area contributed by atoms with Crippen LogP contribution in [0.3, 0.4) is 0 Å². The molecule has 1 N–H and O–H groups in total. The monoisotopic (exact) mass is 427 g/mol. The minimum atomic E-state index is -3.44. The summed E-state index contributed by atoms with van der Waals surface area (Å²) in [6.45, 7) is 5.49. The predicted octanol–water partition coefficient (Wildman–Crippen LogP) is 3.04. The minimum Gasteiger partial charge on any atom is -0.324 e. The van der Waals surface area contributed by atoms with Crippen LogP contribution < -0.4 is 5.32 Å². The number of hydrogen-bond donors (Lipinski definition) is 1. The van der Waals surface area contributed by atoms with Crippen LogP contribution in [0.2, 0.25) is 5.02 Å². The van der Waals surface area contributed by atoms with E-state index in [0.29, 0.717) is 41.1 Å². The van der Waals surface area contributed by atoms with Gasteiger partial charge in [-0.1, -0.05) is 23.7 Å². The Bertz CT molecular complexity index is 908. The van der Waals surface area contributed by atoms with Crippen LogP contribution in [0, 0.1) is 6.92 Å². The van der Waals surface area contributed by atoms with Crippen LogP contribution in [0.5, 0.6) is 0 Å². The largest absolute Gasteiger partial charge is 0.324 e. The molecule has 1 aromatic heterocycles. The fraction of sp³-hybridized carbons (Fsp3) is 0.389. The Morgan fingerprint density at radius 2 is 1.93 bits per heavy atom. The standard InChI is InChI=1S/C18H22ClN3O3S2/c1-13-5-6-15(19)12-16(13)20-18(23)14(2)21-7-9-22(10-8-21)27(24,25)17-4-3-11-26-17/h3-6,11-12,14H,7-10H2,1-2H3,(H,20,23). The van der Waals surface area contributed by atoms with E-state index in [1.165, 1.54) is 15.6 Å². The topological polar surface area (TPSA) is 69.7 Å². The van der Waals surface area contributed by atoms with E-state index in [-0.39, 0.29) is 11.9 Å². The highest BCUT2D eigenvalue weighted by atomic mass is 35.5. The lowest BCUT2D eigenvalue weighted by molar-refractivity contribution is -0.121. The molecule has 9 heteroatoms. The van der Waals surface area contributed by atoms with Crippen LogP contribution in [-0.4, -0.2) is 55.8 Å². The Morgan fingerprint density at radius 3 is 2.56 bits per heavy atom. The second-order valence-electron chi connectivity index (χ2n) is 6.50. The zero-order valence-corrected chi connectivity index (χ0v) is 17.6. The molecule has 3 rings (SSSR count). The molecule has 1 aromatic carbocycles. The van der Waals surface area contributed by atoms with Gasteiger partial charge in [0.2, 0.25) is 5.91 Å². The van der Waals surface area contributed by atoms with E-state index in [4.69, 9.17) is 11.6 Å². The maximum Gasteiger partial charge on any atom is 0.252 e. The first-order valence-electron chi connectivity index (χ1n) is 8.64. The smallest absolute Gasteiger partial charge is 0.252 e. The van der Waals surface area contributed by atoms with Crippen molar-refractivity contribution in [2.24, 2.45) is 0 Å². The molecule has 1 amide bonds. The van der Waals surface area contributed by atoms with Crippen LogP contribution in [-0.2, 0) is 14.8 Å². The van der Waals surface area contributed by atoms with Gasteiger partial charge in [0.05, 0.1) is 6.04 Å². The lowest BCUT2D eigenvalue weighted by Gasteiger charge is -2.36. The van der Waals surface area contributed by atoms with Crippen molar-refractivity contribution in [2.45, 2.75) is 24.1 Å². The van der Waals surface area contributed by atoms with E-state index in [9.17, 15) is 13.2 Å². The number of carbonyl (C=O) groups is 1. The summed E-state index contributed by atoms with van der Waals surface area (Å²) in [6.07, 6.45) is 0. The lowest BCUT2D eigenvalue weighted by Crippen LogP contribution is -2.53. The van der Waals surface area contributed by atoms with Crippen molar-refractivity contribution in [3.63, 3.8) is 0 Å². The maximum atomic E-state index is 12.6. The molecule has 1 atom stereocenters. The number of hydrogen-bond acceptors (Lipinski definition) is 5. The van der Waals surface area contributed by atoms with Gasteiger partial charge < -0.3 is 5.32 Å². The zero-order valence-electron chi connectivity index (χ0n) is 15.2. The van der Waals surface area contributed by atoms with Crippen LogP contribution >= 0.6 is 22.9 Å². The van der Waals surface area contributed by atoms with Crippen molar-refractivity contribution in [1.82, 2.24) is 9.21 Å². The molecule has 0 radical (unpaired) electrons. The van der Waals surface area contributed by atoms with E-state index in [1.54, 1.807) is 29.6 Å². The number of anilines is 1. The van der Waals surface area contributed by atoms with Gasteiger partial charge in [0.1, 0.15) is 4.21 Å². The highest BCUT2D eigenvalue weighted by Crippen LogP contribution is 2.23. The molecule has 146 valence electrons. The van der Waals surface area contributed by atoms with E-state index < -0.39 is 10.0 Å². The summed E-state index contributed by atoms with van der Waals surface area (Å²) in [5.41, 5.74) is 1.63. The average Bonchev–Trinajstić information content (AvgIpc) is 3.20. The third kappa shape index (κ3) is 4.52. The number of carbonyl (C=O) groups excluding carboxylic acids is 1. The number of thiophene rings is 1. The van der Waals surface area contributed by atoms with E-state index in [0.717, 1.165) is 5.56 Å². The lowest BCUT2D eigenvalue weighted by atomic mass is 10.1. The number of piperazine rings is 1. The van der Waals surface area contributed by atoms with Crippen molar-refractivity contribution in [3.05, 3.63) is 46.3 Å². The molecule has 2 aromatic rings. The highest BCUT2D eigenvalue weighted by Gasteiger charge is 2.32.